The second-order valence-corrected chi connectivity index (χ2v) is 1.63. The van der Waals surface area contributed by atoms with Crippen LogP contribution in [0, 0.1) is 6.92 Å². The van der Waals surface area contributed by atoms with Crippen molar-refractivity contribution in [3.63, 3.8) is 0 Å². The van der Waals surface area contributed by atoms with Crippen LogP contribution >= 0.6 is 9.47 Å². The Morgan fingerprint density at radius 1 is 1.88 bits per heavy atom. The van der Waals surface area contributed by atoms with Crippen molar-refractivity contribution in [1.82, 2.24) is 5.16 Å². The molecule has 0 fully saturated rings. The molecular weight excluding hydrogens is 125 g/mol. The molecule has 0 amide bonds. The number of aromatic nitrogens is 1. The molecule has 0 aliphatic carbocycles. The van der Waals surface area contributed by atoms with Crippen LogP contribution in [0.5, 0.6) is 5.88 Å². The normalized spacial score (nSPS) is 9.25. The highest BCUT2D eigenvalue weighted by molar-refractivity contribution is 7.10. The van der Waals surface area contributed by atoms with Gasteiger partial charge in [-0.15, -0.1) is 0 Å². The summed E-state index contributed by atoms with van der Waals surface area (Å²) in [5, 5.41) is 3.52. The first-order valence-electron chi connectivity index (χ1n) is 2.13. The average Bonchev–Trinajstić information content (AvgIpc) is 2.14. The molecule has 0 radical (unpaired) electrons. The van der Waals surface area contributed by atoms with Crippen molar-refractivity contribution in [3.05, 3.63) is 11.8 Å². The summed E-state index contributed by atoms with van der Waals surface area (Å²) in [4.78, 5) is 0. The highest BCUT2D eigenvalue weighted by atomic mass is 31.0. The van der Waals surface area contributed by atoms with Crippen molar-refractivity contribution in [1.29, 1.82) is 0 Å². The van der Waals surface area contributed by atoms with Crippen LogP contribution in [0.4, 0.5) is 0 Å². The Hall–Kier alpha value is -0.560. The van der Waals surface area contributed by atoms with Gasteiger partial charge in [0.05, 0.1) is 9.47 Å². The van der Waals surface area contributed by atoms with Crippen LogP contribution in [-0.2, 0) is 0 Å². The van der Waals surface area contributed by atoms with E-state index in [2.05, 4.69) is 23.7 Å². The van der Waals surface area contributed by atoms with E-state index in [1.165, 1.54) is 0 Å². The molecule has 0 spiro atoms. The number of aryl methyl sites for hydroxylation is 1. The lowest BCUT2D eigenvalue weighted by Crippen LogP contribution is -1.67. The smallest absolute Gasteiger partial charge is 0.256 e. The zero-order chi connectivity index (χ0) is 5.98. The minimum atomic E-state index is 0.493. The highest BCUT2D eigenvalue weighted by Crippen LogP contribution is 2.11. The summed E-state index contributed by atoms with van der Waals surface area (Å²) in [6, 6.07) is 1.70. The van der Waals surface area contributed by atoms with E-state index in [-0.39, 0.29) is 0 Å². The van der Waals surface area contributed by atoms with Gasteiger partial charge in [-0.05, 0) is 12.1 Å². The molecule has 4 heteroatoms. The summed E-state index contributed by atoms with van der Waals surface area (Å²) >= 11 is 0. The maximum atomic E-state index is 4.67. The maximum Gasteiger partial charge on any atom is 0.256 e. The Bertz CT molecular complexity index is 174. The minimum Gasteiger partial charge on any atom is -0.461 e. The average molecular weight is 131 g/mol. The fourth-order valence-electron chi connectivity index (χ4n) is 0.399. The van der Waals surface area contributed by atoms with Crippen LogP contribution in [-0.4, -0.2) is 5.16 Å². The summed E-state index contributed by atoms with van der Waals surface area (Å²) in [6.45, 7) is 1.81. The van der Waals surface area contributed by atoms with Gasteiger partial charge in [-0.3, -0.25) is 0 Å². The van der Waals surface area contributed by atoms with Gasteiger partial charge < -0.3 is 9.05 Å². The Balaban J connectivity index is 2.84. The van der Waals surface area contributed by atoms with Crippen LogP contribution in [0.1, 0.15) is 5.76 Å². The first kappa shape index (κ1) is 5.57. The Morgan fingerprint density at radius 3 is 2.88 bits per heavy atom. The predicted octanol–water partition coefficient (Wildman–Crippen LogP) is 1.15. The van der Waals surface area contributed by atoms with Gasteiger partial charge in [0.2, 0.25) is 0 Å². The lowest BCUT2D eigenvalue weighted by molar-refractivity contribution is 0.378. The van der Waals surface area contributed by atoms with Crippen LogP contribution in [0.25, 0.3) is 0 Å². The third-order valence-corrected chi connectivity index (χ3v) is 0.969. The molecule has 1 rings (SSSR count). The summed E-state index contributed by atoms with van der Waals surface area (Å²) < 4.78 is 9.31. The summed E-state index contributed by atoms with van der Waals surface area (Å²) in [6.07, 6.45) is 0. The van der Waals surface area contributed by atoms with Gasteiger partial charge >= 0.3 is 0 Å². The molecule has 1 atom stereocenters. The summed E-state index contributed by atoms with van der Waals surface area (Å²) in [5.74, 6) is 1.25. The van der Waals surface area contributed by atoms with Crippen LogP contribution in [0.15, 0.2) is 10.6 Å². The van der Waals surface area contributed by atoms with Gasteiger partial charge in [0.25, 0.3) is 5.88 Å². The standard InChI is InChI=1S/C4H6NO2P/c1-3-2-4(7-8)5-6-3/h2H,8H2,1H3. The van der Waals surface area contributed by atoms with Gasteiger partial charge in [-0.1, -0.05) is 0 Å². The van der Waals surface area contributed by atoms with E-state index in [1.54, 1.807) is 13.0 Å². The third-order valence-electron chi connectivity index (χ3n) is 0.727. The zero-order valence-corrected chi connectivity index (χ0v) is 5.57. The SMILES string of the molecule is Cc1cc(OP)no1. The first-order chi connectivity index (χ1) is 3.83. The maximum absolute atomic E-state index is 4.67. The number of hydrogen-bond donors (Lipinski definition) is 0. The van der Waals surface area contributed by atoms with Crippen molar-refractivity contribution in [2.24, 2.45) is 0 Å². The molecule has 44 valence electrons. The van der Waals surface area contributed by atoms with Gasteiger partial charge in [-0.25, -0.2) is 0 Å². The third kappa shape index (κ3) is 0.984. The predicted molar refractivity (Wildman–Crippen MR) is 31.6 cm³/mol. The van der Waals surface area contributed by atoms with E-state index in [0.29, 0.717) is 5.88 Å². The fourth-order valence-corrected chi connectivity index (χ4v) is 0.510. The van der Waals surface area contributed by atoms with Gasteiger partial charge in [0, 0.05) is 6.07 Å². The van der Waals surface area contributed by atoms with E-state index in [4.69, 9.17) is 0 Å². The molecule has 0 bridgehead atoms. The van der Waals surface area contributed by atoms with Crippen molar-refractivity contribution in [2.75, 3.05) is 0 Å². The minimum absolute atomic E-state index is 0.493. The molecule has 1 unspecified atom stereocenters. The number of hydrogen-bond acceptors (Lipinski definition) is 3. The largest absolute Gasteiger partial charge is 0.461 e. The fraction of sp³-hybridized carbons (Fsp3) is 0.250. The molecule has 8 heavy (non-hydrogen) atoms. The molecule has 0 aromatic carbocycles. The topological polar surface area (TPSA) is 35.3 Å². The van der Waals surface area contributed by atoms with Gasteiger partial charge in [-0.2, -0.15) is 0 Å². The Morgan fingerprint density at radius 2 is 2.62 bits per heavy atom. The monoisotopic (exact) mass is 131 g/mol. The second-order valence-electron chi connectivity index (χ2n) is 1.39. The summed E-state index contributed by atoms with van der Waals surface area (Å²) in [7, 11) is 2.08. The molecule has 0 aliphatic heterocycles. The summed E-state index contributed by atoms with van der Waals surface area (Å²) in [5.41, 5.74) is 0. The lowest BCUT2D eigenvalue weighted by atomic mass is 10.5. The van der Waals surface area contributed by atoms with Crippen molar-refractivity contribution >= 4 is 9.47 Å². The molecule has 1 aromatic heterocycles. The van der Waals surface area contributed by atoms with Gasteiger partial charge in [0.15, 0.2) is 0 Å². The molecule has 1 heterocycles. The van der Waals surface area contributed by atoms with E-state index in [9.17, 15) is 0 Å². The van der Waals surface area contributed by atoms with Crippen LogP contribution < -0.4 is 4.52 Å². The van der Waals surface area contributed by atoms with E-state index >= 15 is 0 Å². The number of nitrogens with zero attached hydrogens (tertiary/aromatic N) is 1. The van der Waals surface area contributed by atoms with Crippen LogP contribution in [0.3, 0.4) is 0 Å². The molecule has 0 saturated heterocycles. The Labute approximate surface area is 49.3 Å². The molecule has 0 aliphatic rings. The molecule has 0 N–H and O–H groups in total. The van der Waals surface area contributed by atoms with Crippen molar-refractivity contribution in [2.45, 2.75) is 6.92 Å². The lowest BCUT2D eigenvalue weighted by Gasteiger charge is -1.82. The van der Waals surface area contributed by atoms with Crippen molar-refractivity contribution < 1.29 is 9.05 Å². The highest BCUT2D eigenvalue weighted by Gasteiger charge is 1.94. The first-order valence-corrected chi connectivity index (χ1v) is 2.60. The number of rotatable bonds is 1. The molecule has 1 aromatic rings. The quantitative estimate of drug-likeness (QED) is 0.536. The molecule has 3 nitrogen and oxygen atoms in total. The Kier molecular flexibility index (Phi) is 1.49. The zero-order valence-electron chi connectivity index (χ0n) is 4.42. The van der Waals surface area contributed by atoms with E-state index in [1.807, 2.05) is 0 Å². The van der Waals surface area contributed by atoms with E-state index in [0.717, 1.165) is 5.76 Å². The van der Waals surface area contributed by atoms with E-state index < -0.39 is 0 Å². The van der Waals surface area contributed by atoms with Crippen molar-refractivity contribution in [3.8, 4) is 5.88 Å². The van der Waals surface area contributed by atoms with Crippen LogP contribution in [0.2, 0.25) is 0 Å². The molecule has 0 saturated carbocycles. The van der Waals surface area contributed by atoms with Gasteiger partial charge in [0.1, 0.15) is 5.76 Å². The second kappa shape index (κ2) is 2.14. The molecular formula is C4H6NO2P.